The molecule has 0 heterocycles. The van der Waals surface area contributed by atoms with E-state index in [1.807, 2.05) is 0 Å². The Labute approximate surface area is 122 Å². The fourth-order valence-electron chi connectivity index (χ4n) is 1.31. The highest BCUT2D eigenvalue weighted by molar-refractivity contribution is 6.18. The van der Waals surface area contributed by atoms with Gasteiger partial charge in [0, 0.05) is 6.54 Å². The molecule has 1 aromatic rings. The van der Waals surface area contributed by atoms with Crippen LogP contribution in [0.4, 0.5) is 0 Å². The Morgan fingerprint density at radius 3 is 2.55 bits per heavy atom. The zero-order valence-electron chi connectivity index (χ0n) is 10.9. The number of amides is 1. The lowest BCUT2D eigenvalue weighted by molar-refractivity contribution is -0.123. The highest BCUT2D eigenvalue weighted by atomic mass is 35.5. The number of alkyl halides is 1. The third-order valence-corrected chi connectivity index (χ3v) is 2.61. The summed E-state index contributed by atoms with van der Waals surface area (Å²) in [6.45, 7) is -0.0803. The minimum absolute atomic E-state index is 0.0422. The van der Waals surface area contributed by atoms with Crippen LogP contribution in [0.15, 0.2) is 24.3 Å². The molecule has 0 aliphatic rings. The molecule has 0 saturated carbocycles. The minimum Gasteiger partial charge on any atom is -0.487 e. The maximum Gasteiger partial charge on any atom is 0.258 e. The summed E-state index contributed by atoms with van der Waals surface area (Å²) in [5, 5.41) is 20.4. The number of carbonyl (C=O) groups excluding carboxylic acids is 1. The van der Waals surface area contributed by atoms with Crippen molar-refractivity contribution in [3.63, 3.8) is 0 Å². The summed E-state index contributed by atoms with van der Waals surface area (Å²) in [7, 11) is 0. The van der Waals surface area contributed by atoms with Gasteiger partial charge in [-0.05, 0) is 12.1 Å². The monoisotopic (exact) mass is 303 g/mol. The van der Waals surface area contributed by atoms with Crippen LogP contribution >= 0.6 is 11.6 Å². The number of para-hydroxylation sites is 2. The van der Waals surface area contributed by atoms with Crippen LogP contribution in [-0.4, -0.2) is 54.5 Å². The van der Waals surface area contributed by atoms with Gasteiger partial charge in [0.25, 0.3) is 5.91 Å². The lowest BCUT2D eigenvalue weighted by Crippen LogP contribution is -2.31. The summed E-state index contributed by atoms with van der Waals surface area (Å²) in [4.78, 5) is 11.4. The molecule has 1 amide bonds. The third-order valence-electron chi connectivity index (χ3n) is 2.25. The van der Waals surface area contributed by atoms with Crippen molar-refractivity contribution in [3.05, 3.63) is 24.3 Å². The number of ether oxygens (including phenoxy) is 2. The zero-order chi connectivity index (χ0) is 14.8. The van der Waals surface area contributed by atoms with Crippen LogP contribution < -0.4 is 14.8 Å². The molecule has 0 aliphatic heterocycles. The maximum absolute atomic E-state index is 11.4. The molecule has 6 nitrogen and oxygen atoms in total. The summed E-state index contributed by atoms with van der Waals surface area (Å²) in [6, 6.07) is 6.82. The number of aliphatic hydroxyl groups is 2. The topological polar surface area (TPSA) is 88.0 Å². The summed E-state index contributed by atoms with van der Waals surface area (Å²) >= 11 is 5.47. The van der Waals surface area contributed by atoms with Gasteiger partial charge in [0.2, 0.25) is 0 Å². The van der Waals surface area contributed by atoms with Crippen LogP contribution in [0.25, 0.3) is 0 Å². The van der Waals surface area contributed by atoms with E-state index >= 15 is 0 Å². The van der Waals surface area contributed by atoms with Gasteiger partial charge in [-0.2, -0.15) is 0 Å². The van der Waals surface area contributed by atoms with Gasteiger partial charge in [-0.1, -0.05) is 12.1 Å². The quantitative estimate of drug-likeness (QED) is 0.565. The van der Waals surface area contributed by atoms with E-state index in [4.69, 9.17) is 26.2 Å². The van der Waals surface area contributed by atoms with Crippen LogP contribution in [0.5, 0.6) is 11.5 Å². The largest absolute Gasteiger partial charge is 0.487 e. The van der Waals surface area contributed by atoms with Crippen molar-refractivity contribution in [1.82, 2.24) is 5.32 Å². The average Bonchev–Trinajstić information content (AvgIpc) is 2.49. The Balaban J connectivity index is 2.50. The number of aliphatic hydroxyl groups excluding tert-OH is 2. The molecule has 1 atom stereocenters. The van der Waals surface area contributed by atoms with Crippen molar-refractivity contribution in [2.75, 3.05) is 32.2 Å². The van der Waals surface area contributed by atoms with Crippen molar-refractivity contribution in [2.24, 2.45) is 0 Å². The molecule has 1 rings (SSSR count). The Hall–Kier alpha value is -1.50. The Kier molecular flexibility index (Phi) is 7.79. The molecular formula is C13H18ClNO5. The summed E-state index contributed by atoms with van der Waals surface area (Å²) in [5.74, 6) is 0.557. The van der Waals surface area contributed by atoms with Crippen LogP contribution in [0, 0.1) is 0 Å². The fourth-order valence-corrected chi connectivity index (χ4v) is 1.40. The van der Waals surface area contributed by atoms with Crippen molar-refractivity contribution in [1.29, 1.82) is 0 Å². The van der Waals surface area contributed by atoms with E-state index in [-0.39, 0.29) is 38.2 Å². The first-order valence-electron chi connectivity index (χ1n) is 6.13. The first-order valence-corrected chi connectivity index (χ1v) is 6.67. The van der Waals surface area contributed by atoms with E-state index < -0.39 is 6.10 Å². The smallest absolute Gasteiger partial charge is 0.258 e. The number of halogens is 1. The SMILES string of the molecule is O=C(COc1ccccc1OCC(O)CCl)NCCO. The van der Waals surface area contributed by atoms with Crippen molar-refractivity contribution < 1.29 is 24.5 Å². The normalized spacial score (nSPS) is 11.8. The van der Waals surface area contributed by atoms with Gasteiger partial charge in [-0.25, -0.2) is 0 Å². The Bertz CT molecular complexity index is 416. The fraction of sp³-hybridized carbons (Fsp3) is 0.462. The van der Waals surface area contributed by atoms with Crippen molar-refractivity contribution in [2.45, 2.75) is 6.10 Å². The van der Waals surface area contributed by atoms with Crippen molar-refractivity contribution in [3.8, 4) is 11.5 Å². The van der Waals surface area contributed by atoms with E-state index in [0.29, 0.717) is 11.5 Å². The predicted octanol–water partition coefficient (Wildman–Crippen LogP) is 0.152. The highest BCUT2D eigenvalue weighted by Crippen LogP contribution is 2.26. The first kappa shape index (κ1) is 16.6. The molecule has 1 aromatic carbocycles. The third kappa shape index (κ3) is 6.10. The van der Waals surface area contributed by atoms with Gasteiger partial charge >= 0.3 is 0 Å². The number of hydrogen-bond donors (Lipinski definition) is 3. The van der Waals surface area contributed by atoms with E-state index in [0.717, 1.165) is 0 Å². The summed E-state index contributed by atoms with van der Waals surface area (Å²) < 4.78 is 10.7. The number of rotatable bonds is 9. The van der Waals surface area contributed by atoms with Gasteiger partial charge in [0.05, 0.1) is 12.5 Å². The van der Waals surface area contributed by atoms with Crippen LogP contribution in [0.3, 0.4) is 0 Å². The standard InChI is InChI=1S/C13H18ClNO5/c14-7-10(17)8-19-11-3-1-2-4-12(11)20-9-13(18)15-5-6-16/h1-4,10,16-17H,5-9H2,(H,15,18). The maximum atomic E-state index is 11.4. The van der Waals surface area contributed by atoms with E-state index in [1.165, 1.54) is 0 Å². The molecule has 0 bridgehead atoms. The first-order chi connectivity index (χ1) is 9.67. The zero-order valence-corrected chi connectivity index (χ0v) is 11.7. The van der Waals surface area contributed by atoms with Gasteiger partial charge < -0.3 is 25.0 Å². The molecule has 0 aliphatic carbocycles. The van der Waals surface area contributed by atoms with Crippen LogP contribution in [-0.2, 0) is 4.79 Å². The van der Waals surface area contributed by atoms with E-state index in [1.54, 1.807) is 24.3 Å². The minimum atomic E-state index is -0.766. The number of hydrogen-bond acceptors (Lipinski definition) is 5. The molecule has 0 aromatic heterocycles. The molecular weight excluding hydrogens is 286 g/mol. The average molecular weight is 304 g/mol. The molecule has 20 heavy (non-hydrogen) atoms. The number of carbonyl (C=O) groups is 1. The van der Waals surface area contributed by atoms with Gasteiger partial charge in [-0.15, -0.1) is 11.6 Å². The van der Waals surface area contributed by atoms with Gasteiger partial charge in [0.15, 0.2) is 18.1 Å². The predicted molar refractivity (Wildman–Crippen MR) is 74.3 cm³/mol. The van der Waals surface area contributed by atoms with Crippen molar-refractivity contribution >= 4 is 17.5 Å². The van der Waals surface area contributed by atoms with Crippen LogP contribution in [0.1, 0.15) is 0 Å². The molecule has 1 unspecified atom stereocenters. The van der Waals surface area contributed by atoms with E-state index in [9.17, 15) is 9.90 Å². The second kappa shape index (κ2) is 9.41. The molecule has 3 N–H and O–H groups in total. The van der Waals surface area contributed by atoms with E-state index in [2.05, 4.69) is 5.32 Å². The number of nitrogens with one attached hydrogen (secondary N) is 1. The highest BCUT2D eigenvalue weighted by Gasteiger charge is 2.09. The molecule has 0 radical (unpaired) electrons. The summed E-state index contributed by atoms with van der Waals surface area (Å²) in [6.07, 6.45) is -0.766. The molecule has 0 fully saturated rings. The number of benzene rings is 1. The molecule has 7 heteroatoms. The lowest BCUT2D eigenvalue weighted by Gasteiger charge is -2.14. The summed E-state index contributed by atoms with van der Waals surface area (Å²) in [5.41, 5.74) is 0. The molecule has 112 valence electrons. The Morgan fingerprint density at radius 2 is 1.95 bits per heavy atom. The van der Waals surface area contributed by atoms with Gasteiger partial charge in [-0.3, -0.25) is 4.79 Å². The lowest BCUT2D eigenvalue weighted by atomic mass is 10.3. The van der Waals surface area contributed by atoms with Crippen LogP contribution in [0.2, 0.25) is 0 Å². The molecule has 0 saturated heterocycles. The van der Waals surface area contributed by atoms with Gasteiger partial charge in [0.1, 0.15) is 12.7 Å². The Morgan fingerprint density at radius 1 is 1.30 bits per heavy atom. The molecule has 0 spiro atoms. The second-order valence-corrected chi connectivity index (χ2v) is 4.24. The second-order valence-electron chi connectivity index (χ2n) is 3.93.